The molecule has 0 aliphatic heterocycles. The van der Waals surface area contributed by atoms with Gasteiger partial charge in [0.25, 0.3) is 0 Å². The van der Waals surface area contributed by atoms with Crippen LogP contribution in [0.15, 0.2) is 24.9 Å². The van der Waals surface area contributed by atoms with E-state index in [4.69, 9.17) is 0 Å². The van der Waals surface area contributed by atoms with Gasteiger partial charge >= 0.3 is 0 Å². The summed E-state index contributed by atoms with van der Waals surface area (Å²) in [5.74, 6) is 1.06. The maximum absolute atomic E-state index is 4.38. The van der Waals surface area contributed by atoms with Crippen LogP contribution in [0.1, 0.15) is 52.1 Å². The van der Waals surface area contributed by atoms with Crippen molar-refractivity contribution in [1.29, 1.82) is 0 Å². The number of aromatic amines is 2. The number of nitrogens with zero attached hydrogens (tertiary/aromatic N) is 2. The van der Waals surface area contributed by atoms with Crippen LogP contribution in [0.5, 0.6) is 0 Å². The monoisotopic (exact) mass is 246 g/mol. The van der Waals surface area contributed by atoms with Gasteiger partial charge in [-0.1, -0.05) is 27.7 Å². The fourth-order valence-corrected chi connectivity index (χ4v) is 2.14. The molecule has 0 aliphatic carbocycles. The van der Waals surface area contributed by atoms with Crippen molar-refractivity contribution in [3.63, 3.8) is 0 Å². The predicted octanol–water partition coefficient (Wildman–Crippen LogP) is 3.17. The van der Waals surface area contributed by atoms with Crippen molar-refractivity contribution in [1.82, 2.24) is 19.9 Å². The lowest BCUT2D eigenvalue weighted by atomic mass is 9.77. The van der Waals surface area contributed by atoms with E-state index in [2.05, 4.69) is 47.6 Å². The predicted molar refractivity (Wildman–Crippen MR) is 72.5 cm³/mol. The van der Waals surface area contributed by atoms with Crippen LogP contribution in [0.2, 0.25) is 0 Å². The summed E-state index contributed by atoms with van der Waals surface area (Å²) in [5, 5.41) is 0. The highest BCUT2D eigenvalue weighted by Crippen LogP contribution is 2.33. The molecule has 0 aromatic carbocycles. The van der Waals surface area contributed by atoms with Gasteiger partial charge in [-0.25, -0.2) is 9.97 Å². The Kier molecular flexibility index (Phi) is 3.28. The topological polar surface area (TPSA) is 57.4 Å². The summed E-state index contributed by atoms with van der Waals surface area (Å²) in [7, 11) is 0. The van der Waals surface area contributed by atoms with Gasteiger partial charge in [0, 0.05) is 35.1 Å². The molecule has 2 heterocycles. The van der Waals surface area contributed by atoms with Crippen LogP contribution in [0.4, 0.5) is 0 Å². The van der Waals surface area contributed by atoms with Gasteiger partial charge in [0.2, 0.25) is 0 Å². The molecule has 0 amide bonds. The maximum Gasteiger partial charge on any atom is 0.111 e. The fraction of sp³-hybridized carbons (Fsp3) is 0.571. The lowest BCUT2D eigenvalue weighted by molar-refractivity contribution is 0.359. The lowest BCUT2D eigenvalue weighted by Crippen LogP contribution is -2.25. The zero-order valence-electron chi connectivity index (χ0n) is 11.6. The van der Waals surface area contributed by atoms with Gasteiger partial charge in [-0.2, -0.15) is 0 Å². The second kappa shape index (κ2) is 4.59. The quantitative estimate of drug-likeness (QED) is 0.851. The first-order valence-electron chi connectivity index (χ1n) is 6.40. The molecule has 2 aromatic rings. The average Bonchev–Trinajstić information content (AvgIpc) is 2.99. The molecule has 4 heteroatoms. The van der Waals surface area contributed by atoms with Crippen molar-refractivity contribution in [2.75, 3.05) is 0 Å². The molecule has 0 bridgehead atoms. The van der Waals surface area contributed by atoms with Gasteiger partial charge < -0.3 is 9.97 Å². The molecular formula is C14H22N4. The first kappa shape index (κ1) is 12.9. The Balaban J connectivity index is 2.03. The minimum absolute atomic E-state index is 0.0702. The molecule has 18 heavy (non-hydrogen) atoms. The molecule has 0 saturated heterocycles. The number of H-pyrrole nitrogens is 2. The van der Waals surface area contributed by atoms with E-state index in [0.717, 1.165) is 18.7 Å². The standard InChI is InChI=1S/C14H22N4/c1-13(2,11-9-15-10-18-11)5-6-14(3,4)12-16-7-8-17-12/h7-10H,5-6H2,1-4H3,(H,15,18)(H,16,17). The highest BCUT2D eigenvalue weighted by atomic mass is 14.9. The van der Waals surface area contributed by atoms with Gasteiger partial charge in [-0.15, -0.1) is 0 Å². The van der Waals surface area contributed by atoms with E-state index >= 15 is 0 Å². The zero-order valence-corrected chi connectivity index (χ0v) is 11.6. The zero-order chi connectivity index (χ0) is 13.2. The molecule has 2 rings (SSSR count). The van der Waals surface area contributed by atoms with Crippen molar-refractivity contribution in [3.8, 4) is 0 Å². The molecular weight excluding hydrogens is 224 g/mol. The number of hydrogen-bond acceptors (Lipinski definition) is 2. The van der Waals surface area contributed by atoms with E-state index in [1.54, 1.807) is 6.33 Å². The third-order valence-electron chi connectivity index (χ3n) is 3.74. The molecule has 0 radical (unpaired) electrons. The summed E-state index contributed by atoms with van der Waals surface area (Å²) in [6.45, 7) is 8.96. The molecule has 0 fully saturated rings. The molecule has 0 spiro atoms. The van der Waals surface area contributed by atoms with Gasteiger partial charge in [0.15, 0.2) is 0 Å². The Morgan fingerprint density at radius 2 is 1.78 bits per heavy atom. The first-order valence-corrected chi connectivity index (χ1v) is 6.40. The number of hydrogen-bond donors (Lipinski definition) is 2. The number of imidazole rings is 2. The Morgan fingerprint density at radius 1 is 1.06 bits per heavy atom. The maximum atomic E-state index is 4.38. The SMILES string of the molecule is CC(C)(CCC(C)(C)c1ncc[nH]1)c1cnc[nH]1. The van der Waals surface area contributed by atoms with Crippen molar-refractivity contribution in [2.24, 2.45) is 0 Å². The molecule has 0 saturated carbocycles. The fourth-order valence-electron chi connectivity index (χ4n) is 2.14. The largest absolute Gasteiger partial charge is 0.348 e. The summed E-state index contributed by atoms with van der Waals surface area (Å²) in [5.41, 5.74) is 1.37. The molecule has 0 unspecified atom stereocenters. The third-order valence-corrected chi connectivity index (χ3v) is 3.74. The number of nitrogens with one attached hydrogen (secondary N) is 2. The molecule has 0 aliphatic rings. The van der Waals surface area contributed by atoms with Crippen LogP contribution in [0.3, 0.4) is 0 Å². The Labute approximate surface area is 108 Å². The van der Waals surface area contributed by atoms with E-state index in [1.165, 1.54) is 5.69 Å². The lowest BCUT2D eigenvalue weighted by Gasteiger charge is -2.29. The summed E-state index contributed by atoms with van der Waals surface area (Å²) >= 11 is 0. The van der Waals surface area contributed by atoms with Crippen LogP contribution >= 0.6 is 0 Å². The summed E-state index contributed by atoms with van der Waals surface area (Å²) < 4.78 is 0. The van der Waals surface area contributed by atoms with Crippen LogP contribution in [-0.4, -0.2) is 19.9 Å². The van der Waals surface area contributed by atoms with Gasteiger partial charge in [-0.3, -0.25) is 0 Å². The van der Waals surface area contributed by atoms with Crippen molar-refractivity contribution in [3.05, 3.63) is 36.4 Å². The molecule has 98 valence electrons. The second-order valence-corrected chi connectivity index (χ2v) is 6.17. The molecule has 2 N–H and O–H groups in total. The number of aromatic nitrogens is 4. The third kappa shape index (κ3) is 2.63. The van der Waals surface area contributed by atoms with Gasteiger partial charge in [-0.05, 0) is 12.8 Å². The van der Waals surface area contributed by atoms with E-state index in [0.29, 0.717) is 0 Å². The first-order chi connectivity index (χ1) is 8.42. The minimum atomic E-state index is 0.0702. The van der Waals surface area contributed by atoms with Crippen LogP contribution < -0.4 is 0 Å². The summed E-state index contributed by atoms with van der Waals surface area (Å²) in [6, 6.07) is 0. The van der Waals surface area contributed by atoms with Gasteiger partial charge in [0.05, 0.1) is 6.33 Å². The Morgan fingerprint density at radius 3 is 2.33 bits per heavy atom. The van der Waals surface area contributed by atoms with E-state index < -0.39 is 0 Å². The molecule has 0 atom stereocenters. The highest BCUT2D eigenvalue weighted by Gasteiger charge is 2.29. The van der Waals surface area contributed by atoms with Crippen LogP contribution in [0.25, 0.3) is 0 Å². The van der Waals surface area contributed by atoms with E-state index in [-0.39, 0.29) is 10.8 Å². The number of rotatable bonds is 5. The Bertz CT molecular complexity index is 420. The van der Waals surface area contributed by atoms with Crippen LogP contribution in [0, 0.1) is 0 Å². The second-order valence-electron chi connectivity index (χ2n) is 6.17. The average molecular weight is 246 g/mol. The van der Waals surface area contributed by atoms with Crippen molar-refractivity contribution in [2.45, 2.75) is 51.4 Å². The molecule has 2 aromatic heterocycles. The van der Waals surface area contributed by atoms with Crippen molar-refractivity contribution < 1.29 is 0 Å². The molecule has 4 nitrogen and oxygen atoms in total. The summed E-state index contributed by atoms with van der Waals surface area (Å²) in [6.07, 6.45) is 9.53. The normalized spacial score (nSPS) is 12.9. The minimum Gasteiger partial charge on any atom is -0.348 e. The summed E-state index contributed by atoms with van der Waals surface area (Å²) in [4.78, 5) is 14.9. The Hall–Kier alpha value is -1.58. The van der Waals surface area contributed by atoms with E-state index in [9.17, 15) is 0 Å². The van der Waals surface area contributed by atoms with Gasteiger partial charge in [0.1, 0.15) is 5.82 Å². The highest BCUT2D eigenvalue weighted by molar-refractivity contribution is 5.11. The van der Waals surface area contributed by atoms with Crippen LogP contribution in [-0.2, 0) is 10.8 Å². The smallest absolute Gasteiger partial charge is 0.111 e. The van der Waals surface area contributed by atoms with Crippen molar-refractivity contribution >= 4 is 0 Å². The van der Waals surface area contributed by atoms with E-state index in [1.807, 2.05) is 18.6 Å².